The van der Waals surface area contributed by atoms with Crippen LogP contribution in [0.5, 0.6) is 0 Å². The number of anilines is 6. The van der Waals surface area contributed by atoms with Crippen molar-refractivity contribution in [3.8, 4) is 0 Å². The summed E-state index contributed by atoms with van der Waals surface area (Å²) in [5.41, 5.74) is 4.06. The van der Waals surface area contributed by atoms with Crippen molar-refractivity contribution >= 4 is 46.2 Å². The van der Waals surface area contributed by atoms with Gasteiger partial charge < -0.3 is 20.4 Å². The van der Waals surface area contributed by atoms with E-state index in [4.69, 9.17) is 11.6 Å². The van der Waals surface area contributed by atoms with E-state index in [1.54, 1.807) is 0 Å². The van der Waals surface area contributed by atoms with E-state index in [2.05, 4.69) is 87.3 Å². The van der Waals surface area contributed by atoms with Crippen LogP contribution in [0.15, 0.2) is 48.5 Å². The Morgan fingerprint density at radius 2 is 1.10 bits per heavy atom. The summed E-state index contributed by atoms with van der Waals surface area (Å²) in [5.74, 6) is 0.776. The fraction of sp³-hybridized carbons (Fsp3) is 0.348. The van der Waals surface area contributed by atoms with Crippen molar-refractivity contribution in [2.75, 3.05) is 46.6 Å². The van der Waals surface area contributed by atoms with Crippen LogP contribution in [-0.2, 0) is 0 Å². The summed E-state index contributed by atoms with van der Waals surface area (Å²) in [7, 11) is 0. The van der Waals surface area contributed by atoms with Gasteiger partial charge in [-0.15, -0.1) is 0 Å². The normalized spacial score (nSPS) is 10.6. The molecule has 0 spiro atoms. The van der Waals surface area contributed by atoms with Gasteiger partial charge in [-0.1, -0.05) is 12.1 Å². The van der Waals surface area contributed by atoms with Crippen LogP contribution in [0.3, 0.4) is 0 Å². The van der Waals surface area contributed by atoms with E-state index in [1.807, 2.05) is 24.3 Å². The van der Waals surface area contributed by atoms with Crippen molar-refractivity contribution in [2.24, 2.45) is 0 Å². The second kappa shape index (κ2) is 10.8. The maximum atomic E-state index is 6.18. The second-order valence-corrected chi connectivity index (χ2v) is 7.28. The predicted molar refractivity (Wildman–Crippen MR) is 131 cm³/mol. The van der Waals surface area contributed by atoms with Crippen LogP contribution >= 0.6 is 11.6 Å². The summed E-state index contributed by atoms with van der Waals surface area (Å²) < 4.78 is 0. The van der Waals surface area contributed by atoms with Gasteiger partial charge in [-0.2, -0.15) is 15.0 Å². The molecule has 2 aromatic carbocycles. The molecule has 3 rings (SSSR count). The van der Waals surface area contributed by atoms with Crippen LogP contribution in [0, 0.1) is 0 Å². The Bertz CT molecular complexity index is 911. The molecule has 0 fully saturated rings. The lowest BCUT2D eigenvalue weighted by molar-refractivity contribution is 0.866. The summed E-state index contributed by atoms with van der Waals surface area (Å²) in [5, 5.41) is 6.61. The number of benzene rings is 2. The quantitative estimate of drug-likeness (QED) is 0.419. The van der Waals surface area contributed by atoms with E-state index in [0.29, 0.717) is 11.9 Å². The molecule has 8 heteroatoms. The largest absolute Gasteiger partial charge is 0.372 e. The van der Waals surface area contributed by atoms with Gasteiger partial charge in [-0.3, -0.25) is 0 Å². The molecule has 0 atom stereocenters. The number of rotatable bonds is 10. The predicted octanol–water partition coefficient (Wildman–Crippen LogP) is 5.70. The number of aromatic nitrogens is 3. The summed E-state index contributed by atoms with van der Waals surface area (Å²) in [4.78, 5) is 17.5. The van der Waals surface area contributed by atoms with E-state index < -0.39 is 0 Å². The van der Waals surface area contributed by atoms with E-state index in [1.165, 1.54) is 0 Å². The van der Waals surface area contributed by atoms with Crippen molar-refractivity contribution in [2.45, 2.75) is 27.7 Å². The molecule has 0 aliphatic heterocycles. The van der Waals surface area contributed by atoms with Crippen molar-refractivity contribution in [3.05, 3.63) is 53.8 Å². The molecule has 1 aromatic heterocycles. The Hall–Kier alpha value is -3.06. The van der Waals surface area contributed by atoms with Crippen LogP contribution in [-0.4, -0.2) is 41.1 Å². The average molecular weight is 440 g/mol. The van der Waals surface area contributed by atoms with Gasteiger partial charge in [-0.05, 0) is 75.7 Å². The Kier molecular flexibility index (Phi) is 7.89. The number of hydrogen-bond acceptors (Lipinski definition) is 7. The zero-order chi connectivity index (χ0) is 22.2. The third-order valence-electron chi connectivity index (χ3n) is 5.07. The average Bonchev–Trinajstić information content (AvgIpc) is 2.76. The van der Waals surface area contributed by atoms with Crippen LogP contribution in [0.2, 0.25) is 5.28 Å². The first-order valence-electron chi connectivity index (χ1n) is 10.7. The number of hydrogen-bond donors (Lipinski definition) is 2. The van der Waals surface area contributed by atoms with E-state index in [9.17, 15) is 0 Å². The zero-order valence-electron chi connectivity index (χ0n) is 18.6. The highest BCUT2D eigenvalue weighted by molar-refractivity contribution is 6.28. The summed E-state index contributed by atoms with van der Waals surface area (Å²) in [6.45, 7) is 12.3. The van der Waals surface area contributed by atoms with Crippen molar-refractivity contribution < 1.29 is 0 Å². The molecule has 0 aliphatic carbocycles. The molecule has 164 valence electrons. The maximum Gasteiger partial charge on any atom is 0.233 e. The lowest BCUT2D eigenvalue weighted by Crippen LogP contribution is -2.21. The molecule has 1 heterocycles. The molecule has 31 heavy (non-hydrogen) atoms. The maximum absolute atomic E-state index is 6.18. The minimum atomic E-state index is 0.125. The standard InChI is InChI=1S/C23H30ClN7/c1-5-30(6-2)19-13-9-11-17(15-19)25-22-27-21(24)28-23(29-22)26-18-12-10-14-20(16-18)31(7-3)8-4/h9-16H,5-8H2,1-4H3,(H2,25,26,27,28,29). The molecule has 0 bridgehead atoms. The molecule has 0 radical (unpaired) electrons. The summed E-state index contributed by atoms with van der Waals surface area (Å²) >= 11 is 6.18. The van der Waals surface area contributed by atoms with E-state index in [-0.39, 0.29) is 5.28 Å². The van der Waals surface area contributed by atoms with Gasteiger partial charge >= 0.3 is 0 Å². The Morgan fingerprint density at radius 3 is 1.48 bits per heavy atom. The molecule has 0 aliphatic rings. The first-order valence-corrected chi connectivity index (χ1v) is 11.1. The third-order valence-corrected chi connectivity index (χ3v) is 5.24. The first kappa shape index (κ1) is 22.6. The van der Waals surface area contributed by atoms with Gasteiger partial charge in [0.05, 0.1) is 0 Å². The monoisotopic (exact) mass is 439 g/mol. The van der Waals surface area contributed by atoms with Crippen LogP contribution in [0.1, 0.15) is 27.7 Å². The first-order chi connectivity index (χ1) is 15.1. The van der Waals surface area contributed by atoms with Crippen molar-refractivity contribution in [3.63, 3.8) is 0 Å². The van der Waals surface area contributed by atoms with E-state index >= 15 is 0 Å². The van der Waals surface area contributed by atoms with Gasteiger partial charge in [0.1, 0.15) is 0 Å². The Morgan fingerprint density at radius 1 is 0.677 bits per heavy atom. The highest BCUT2D eigenvalue weighted by atomic mass is 35.5. The summed E-state index contributed by atoms with van der Waals surface area (Å²) in [6, 6.07) is 16.3. The van der Waals surface area contributed by atoms with Crippen molar-refractivity contribution in [1.82, 2.24) is 15.0 Å². The fourth-order valence-corrected chi connectivity index (χ4v) is 3.62. The second-order valence-electron chi connectivity index (χ2n) is 6.95. The van der Waals surface area contributed by atoms with Crippen LogP contribution < -0.4 is 20.4 Å². The van der Waals surface area contributed by atoms with Gasteiger partial charge in [-0.25, -0.2) is 0 Å². The van der Waals surface area contributed by atoms with Gasteiger partial charge in [0, 0.05) is 48.9 Å². The molecule has 2 N–H and O–H groups in total. The molecule has 0 unspecified atom stereocenters. The number of nitrogens with one attached hydrogen (secondary N) is 2. The molecule has 0 saturated carbocycles. The molecular formula is C23H30ClN7. The van der Waals surface area contributed by atoms with Gasteiger partial charge in [0.15, 0.2) is 0 Å². The molecular weight excluding hydrogens is 410 g/mol. The minimum absolute atomic E-state index is 0.125. The number of halogens is 1. The summed E-state index contributed by atoms with van der Waals surface area (Å²) in [6.07, 6.45) is 0. The van der Waals surface area contributed by atoms with Gasteiger partial charge in [0.2, 0.25) is 17.2 Å². The number of nitrogens with zero attached hydrogens (tertiary/aromatic N) is 5. The zero-order valence-corrected chi connectivity index (χ0v) is 19.3. The molecule has 0 amide bonds. The SMILES string of the molecule is CCN(CC)c1cccc(Nc2nc(Cl)nc(Nc3cccc(N(CC)CC)c3)n2)c1. The fourth-order valence-electron chi connectivity index (χ4n) is 3.46. The molecule has 0 saturated heterocycles. The molecule has 3 aromatic rings. The molecule has 7 nitrogen and oxygen atoms in total. The Balaban J connectivity index is 1.80. The smallest absolute Gasteiger partial charge is 0.233 e. The highest BCUT2D eigenvalue weighted by Crippen LogP contribution is 2.24. The van der Waals surface area contributed by atoms with Gasteiger partial charge in [0.25, 0.3) is 0 Å². The third kappa shape index (κ3) is 5.98. The van der Waals surface area contributed by atoms with Crippen LogP contribution in [0.4, 0.5) is 34.6 Å². The highest BCUT2D eigenvalue weighted by Gasteiger charge is 2.09. The Labute approximate surface area is 189 Å². The topological polar surface area (TPSA) is 69.2 Å². The van der Waals surface area contributed by atoms with Crippen LogP contribution in [0.25, 0.3) is 0 Å². The van der Waals surface area contributed by atoms with Crippen molar-refractivity contribution in [1.29, 1.82) is 0 Å². The minimum Gasteiger partial charge on any atom is -0.372 e. The lowest BCUT2D eigenvalue weighted by atomic mass is 10.2. The van der Waals surface area contributed by atoms with E-state index in [0.717, 1.165) is 48.9 Å². The lowest BCUT2D eigenvalue weighted by Gasteiger charge is -2.22.